The highest BCUT2D eigenvalue weighted by molar-refractivity contribution is 6.05. The molecule has 0 saturated heterocycles. The summed E-state index contributed by atoms with van der Waals surface area (Å²) in [5.74, 6) is -0.433. The Balaban J connectivity index is 2.15. The number of amides is 1. The molecule has 0 aromatic heterocycles. The number of rotatable bonds is 9. The van der Waals surface area contributed by atoms with Crippen molar-refractivity contribution in [2.45, 2.75) is 20.0 Å². The molecule has 2 aromatic rings. The van der Waals surface area contributed by atoms with Crippen molar-refractivity contribution in [2.24, 2.45) is 0 Å². The lowest BCUT2D eigenvalue weighted by atomic mass is 10.1. The minimum Gasteiger partial charge on any atom is -0.491 e. The number of anilines is 1. The topological polar surface area (TPSA) is 94.1 Å². The number of hydrogen-bond donors (Lipinski definition) is 2. The second-order valence-electron chi connectivity index (χ2n) is 6.00. The van der Waals surface area contributed by atoms with Gasteiger partial charge >= 0.3 is 5.97 Å². The molecule has 0 unspecified atom stereocenters. The molecular weight excluding hydrogens is 350 g/mol. The lowest BCUT2D eigenvalue weighted by Gasteiger charge is -2.15. The lowest BCUT2D eigenvalue weighted by molar-refractivity contribution is 0.0696. The Morgan fingerprint density at radius 2 is 1.70 bits per heavy atom. The molecule has 0 radical (unpaired) electrons. The summed E-state index contributed by atoms with van der Waals surface area (Å²) in [6.07, 6.45) is -0.125. The number of carboxylic acid groups (broad SMARTS) is 1. The first-order chi connectivity index (χ1) is 12.9. The summed E-state index contributed by atoms with van der Waals surface area (Å²) in [7, 11) is 1.59. The van der Waals surface area contributed by atoms with Gasteiger partial charge in [-0.2, -0.15) is 0 Å². The molecular formula is C20H23NO6. The molecule has 1 amide bonds. The minimum absolute atomic E-state index is 0.0586. The predicted octanol–water partition coefficient (Wildman–Crippen LogP) is 3.45. The Hall–Kier alpha value is -3.06. The van der Waals surface area contributed by atoms with Gasteiger partial charge in [-0.15, -0.1) is 0 Å². The summed E-state index contributed by atoms with van der Waals surface area (Å²) in [5, 5.41) is 11.9. The second kappa shape index (κ2) is 9.59. The zero-order valence-electron chi connectivity index (χ0n) is 15.5. The average Bonchev–Trinajstić information content (AvgIpc) is 2.63. The summed E-state index contributed by atoms with van der Waals surface area (Å²) < 4.78 is 16.0. The number of carbonyl (C=O) groups excluding carboxylic acids is 1. The van der Waals surface area contributed by atoms with E-state index in [2.05, 4.69) is 5.32 Å². The average molecular weight is 373 g/mol. The molecule has 7 nitrogen and oxygen atoms in total. The third kappa shape index (κ3) is 6.00. The van der Waals surface area contributed by atoms with Crippen LogP contribution in [0.4, 0.5) is 5.69 Å². The molecule has 0 aliphatic carbocycles. The van der Waals surface area contributed by atoms with Crippen LogP contribution in [0.5, 0.6) is 11.5 Å². The van der Waals surface area contributed by atoms with E-state index in [9.17, 15) is 14.7 Å². The summed E-state index contributed by atoms with van der Waals surface area (Å²) >= 11 is 0. The van der Waals surface area contributed by atoms with Crippen molar-refractivity contribution in [1.82, 2.24) is 0 Å². The van der Waals surface area contributed by atoms with Gasteiger partial charge in [0.15, 0.2) is 0 Å². The Morgan fingerprint density at radius 3 is 2.30 bits per heavy atom. The number of carboxylic acids is 1. The molecule has 0 saturated carbocycles. The Bertz CT molecular complexity index is 786. The number of ether oxygens (including phenoxy) is 3. The molecule has 7 heteroatoms. The van der Waals surface area contributed by atoms with E-state index in [-0.39, 0.29) is 17.6 Å². The van der Waals surface area contributed by atoms with Crippen molar-refractivity contribution in [1.29, 1.82) is 0 Å². The number of methoxy groups -OCH3 is 1. The van der Waals surface area contributed by atoms with Crippen LogP contribution in [0.3, 0.4) is 0 Å². The first-order valence-electron chi connectivity index (χ1n) is 8.48. The van der Waals surface area contributed by atoms with Crippen LogP contribution in [-0.4, -0.2) is 43.4 Å². The van der Waals surface area contributed by atoms with Crippen LogP contribution >= 0.6 is 0 Å². The first-order valence-corrected chi connectivity index (χ1v) is 8.48. The van der Waals surface area contributed by atoms with Crippen molar-refractivity contribution < 1.29 is 28.9 Å². The smallest absolute Gasteiger partial charge is 0.335 e. The lowest BCUT2D eigenvalue weighted by Crippen LogP contribution is -2.15. The van der Waals surface area contributed by atoms with E-state index in [4.69, 9.17) is 14.2 Å². The summed E-state index contributed by atoms with van der Waals surface area (Å²) in [6, 6.07) is 11.0. The van der Waals surface area contributed by atoms with Gasteiger partial charge in [-0.25, -0.2) is 4.79 Å². The van der Waals surface area contributed by atoms with Gasteiger partial charge in [0.1, 0.15) is 18.1 Å². The summed E-state index contributed by atoms with van der Waals surface area (Å²) in [4.78, 5) is 23.7. The maximum atomic E-state index is 12.5. The Labute approximate surface area is 157 Å². The van der Waals surface area contributed by atoms with Gasteiger partial charge in [0.05, 0.1) is 24.0 Å². The molecule has 0 atom stereocenters. The zero-order chi connectivity index (χ0) is 19.8. The van der Waals surface area contributed by atoms with Crippen molar-refractivity contribution >= 4 is 17.6 Å². The Morgan fingerprint density at radius 1 is 1.04 bits per heavy atom. The molecule has 0 fully saturated rings. The fraction of sp³-hybridized carbons (Fsp3) is 0.300. The monoisotopic (exact) mass is 373 g/mol. The number of nitrogens with one attached hydrogen (secondary N) is 1. The van der Waals surface area contributed by atoms with Crippen LogP contribution < -0.4 is 14.8 Å². The van der Waals surface area contributed by atoms with E-state index in [0.29, 0.717) is 36.0 Å². The number of aromatic carboxylic acids is 1. The van der Waals surface area contributed by atoms with Gasteiger partial charge in [-0.3, -0.25) is 4.79 Å². The van der Waals surface area contributed by atoms with Crippen molar-refractivity contribution in [3.8, 4) is 11.5 Å². The van der Waals surface area contributed by atoms with E-state index in [0.717, 1.165) is 0 Å². The molecule has 0 heterocycles. The molecule has 2 aromatic carbocycles. The molecule has 27 heavy (non-hydrogen) atoms. The zero-order valence-corrected chi connectivity index (χ0v) is 15.5. The quantitative estimate of drug-likeness (QED) is 0.654. The fourth-order valence-corrected chi connectivity index (χ4v) is 2.26. The standard InChI is InChI=1S/C20H23NO6/c1-13(2)27-18-9-6-15(20(23)24)12-17(18)21-19(22)14-4-7-16(8-5-14)26-11-10-25-3/h4-9,12-13H,10-11H2,1-3H3,(H,21,22)(H,23,24). The number of benzene rings is 2. The highest BCUT2D eigenvalue weighted by Crippen LogP contribution is 2.28. The van der Waals surface area contributed by atoms with Gasteiger partial charge < -0.3 is 24.6 Å². The molecule has 0 aliphatic heterocycles. The van der Waals surface area contributed by atoms with Crippen LogP contribution in [0.25, 0.3) is 0 Å². The van der Waals surface area contributed by atoms with Crippen molar-refractivity contribution in [3.05, 3.63) is 53.6 Å². The first kappa shape index (κ1) is 20.3. The molecule has 2 rings (SSSR count). The van der Waals surface area contributed by atoms with Crippen LogP contribution in [0.2, 0.25) is 0 Å². The maximum absolute atomic E-state index is 12.5. The molecule has 0 spiro atoms. The van der Waals surface area contributed by atoms with E-state index in [1.165, 1.54) is 18.2 Å². The summed E-state index contributed by atoms with van der Waals surface area (Å²) in [5.41, 5.74) is 0.766. The third-order valence-electron chi connectivity index (χ3n) is 3.51. The van der Waals surface area contributed by atoms with Crippen molar-refractivity contribution in [3.63, 3.8) is 0 Å². The molecule has 0 aliphatic rings. The maximum Gasteiger partial charge on any atom is 0.335 e. The van der Waals surface area contributed by atoms with Crippen LogP contribution in [0.1, 0.15) is 34.6 Å². The van der Waals surface area contributed by atoms with E-state index >= 15 is 0 Å². The summed E-state index contributed by atoms with van der Waals surface area (Å²) in [6.45, 7) is 4.58. The van der Waals surface area contributed by atoms with E-state index < -0.39 is 5.97 Å². The second-order valence-corrected chi connectivity index (χ2v) is 6.00. The van der Waals surface area contributed by atoms with E-state index in [1.54, 1.807) is 31.4 Å². The van der Waals surface area contributed by atoms with Gasteiger partial charge in [-0.1, -0.05) is 0 Å². The highest BCUT2D eigenvalue weighted by atomic mass is 16.5. The van der Waals surface area contributed by atoms with Gasteiger partial charge in [0, 0.05) is 12.7 Å². The third-order valence-corrected chi connectivity index (χ3v) is 3.51. The number of carbonyl (C=O) groups is 2. The normalized spacial score (nSPS) is 10.5. The van der Waals surface area contributed by atoms with Crippen LogP contribution in [0.15, 0.2) is 42.5 Å². The number of hydrogen-bond acceptors (Lipinski definition) is 5. The van der Waals surface area contributed by atoms with Crippen LogP contribution in [-0.2, 0) is 4.74 Å². The minimum atomic E-state index is -1.08. The van der Waals surface area contributed by atoms with Crippen LogP contribution in [0, 0.1) is 0 Å². The largest absolute Gasteiger partial charge is 0.491 e. The molecule has 2 N–H and O–H groups in total. The van der Waals surface area contributed by atoms with Gasteiger partial charge in [0.25, 0.3) is 5.91 Å². The molecule has 144 valence electrons. The highest BCUT2D eigenvalue weighted by Gasteiger charge is 2.14. The Kier molecular flexibility index (Phi) is 7.19. The fourth-order valence-electron chi connectivity index (χ4n) is 2.26. The predicted molar refractivity (Wildman–Crippen MR) is 101 cm³/mol. The van der Waals surface area contributed by atoms with E-state index in [1.807, 2.05) is 13.8 Å². The van der Waals surface area contributed by atoms with Crippen molar-refractivity contribution in [2.75, 3.05) is 25.6 Å². The van der Waals surface area contributed by atoms with Gasteiger partial charge in [0.2, 0.25) is 0 Å². The SMILES string of the molecule is COCCOc1ccc(C(=O)Nc2cc(C(=O)O)ccc2OC(C)C)cc1. The van der Waals surface area contributed by atoms with Gasteiger partial charge in [-0.05, 0) is 56.3 Å². The molecule has 0 bridgehead atoms.